The summed E-state index contributed by atoms with van der Waals surface area (Å²) in [4.78, 5) is 29.0. The molecule has 0 saturated carbocycles. The molecular formula is C20H18F2N4O2. The highest BCUT2D eigenvalue weighted by atomic mass is 19.1. The minimum absolute atomic E-state index is 0.117. The van der Waals surface area contributed by atoms with Crippen LogP contribution in [0.15, 0.2) is 47.3 Å². The molecular weight excluding hydrogens is 366 g/mol. The summed E-state index contributed by atoms with van der Waals surface area (Å²) in [6, 6.07) is 10.3. The molecule has 0 spiro atoms. The third-order valence-electron chi connectivity index (χ3n) is 4.98. The van der Waals surface area contributed by atoms with Crippen LogP contribution in [0.3, 0.4) is 0 Å². The molecule has 1 amide bonds. The number of carbonyl (C=O) groups excluding carboxylic acids is 1. The van der Waals surface area contributed by atoms with Gasteiger partial charge in [-0.2, -0.15) is 5.10 Å². The van der Waals surface area contributed by atoms with E-state index in [1.807, 2.05) is 4.90 Å². The van der Waals surface area contributed by atoms with Gasteiger partial charge in [-0.25, -0.2) is 8.78 Å². The fourth-order valence-electron chi connectivity index (χ4n) is 3.50. The van der Waals surface area contributed by atoms with Gasteiger partial charge in [-0.05, 0) is 30.3 Å². The summed E-state index contributed by atoms with van der Waals surface area (Å²) in [7, 11) is 1.60. The Hall–Kier alpha value is -3.29. The molecule has 4 rings (SSSR count). The van der Waals surface area contributed by atoms with E-state index in [0.29, 0.717) is 37.4 Å². The van der Waals surface area contributed by atoms with Gasteiger partial charge in [0.05, 0.1) is 16.6 Å². The molecule has 0 radical (unpaired) electrons. The molecule has 6 nitrogen and oxygen atoms in total. The van der Waals surface area contributed by atoms with Gasteiger partial charge in [-0.1, -0.05) is 12.1 Å². The molecule has 144 valence electrons. The Kier molecular flexibility index (Phi) is 4.54. The van der Waals surface area contributed by atoms with E-state index in [-0.39, 0.29) is 16.9 Å². The fourth-order valence-corrected chi connectivity index (χ4v) is 3.50. The third-order valence-corrected chi connectivity index (χ3v) is 4.98. The van der Waals surface area contributed by atoms with Gasteiger partial charge in [0.1, 0.15) is 11.6 Å². The normalized spacial score (nSPS) is 14.5. The first-order valence-electron chi connectivity index (χ1n) is 8.91. The largest absolute Gasteiger partial charge is 0.366 e. The summed E-state index contributed by atoms with van der Waals surface area (Å²) < 4.78 is 28.9. The molecule has 28 heavy (non-hydrogen) atoms. The minimum atomic E-state index is -0.589. The van der Waals surface area contributed by atoms with Crippen LogP contribution in [0.2, 0.25) is 0 Å². The second-order valence-corrected chi connectivity index (χ2v) is 6.69. The number of hydrogen-bond acceptors (Lipinski definition) is 4. The number of amides is 1. The molecule has 1 aliphatic heterocycles. The van der Waals surface area contributed by atoms with Gasteiger partial charge in [0.15, 0.2) is 5.69 Å². The van der Waals surface area contributed by atoms with Crippen LogP contribution in [0, 0.1) is 11.6 Å². The van der Waals surface area contributed by atoms with Crippen molar-refractivity contribution in [2.24, 2.45) is 7.05 Å². The number of rotatable bonds is 2. The lowest BCUT2D eigenvalue weighted by Gasteiger charge is -2.36. The maximum absolute atomic E-state index is 14.0. The van der Waals surface area contributed by atoms with Gasteiger partial charge < -0.3 is 9.80 Å². The highest BCUT2D eigenvalue weighted by Gasteiger charge is 2.27. The van der Waals surface area contributed by atoms with Gasteiger partial charge in [0.25, 0.3) is 5.91 Å². The molecule has 0 unspecified atom stereocenters. The molecule has 1 fully saturated rings. The molecule has 2 heterocycles. The Morgan fingerprint density at radius 3 is 2.46 bits per heavy atom. The quantitative estimate of drug-likeness (QED) is 0.680. The molecule has 1 aromatic heterocycles. The van der Waals surface area contributed by atoms with Crippen molar-refractivity contribution >= 4 is 22.5 Å². The number of piperazine rings is 1. The van der Waals surface area contributed by atoms with E-state index in [1.165, 1.54) is 27.8 Å². The van der Waals surface area contributed by atoms with Crippen molar-refractivity contribution in [2.75, 3.05) is 31.1 Å². The van der Waals surface area contributed by atoms with Crippen LogP contribution in [-0.2, 0) is 7.05 Å². The molecule has 2 aromatic carbocycles. The maximum Gasteiger partial charge on any atom is 0.278 e. The highest BCUT2D eigenvalue weighted by molar-refractivity contribution is 5.95. The Balaban J connectivity index is 1.59. The number of anilines is 1. The Bertz CT molecular complexity index is 1120. The van der Waals surface area contributed by atoms with E-state index >= 15 is 0 Å². The van der Waals surface area contributed by atoms with E-state index < -0.39 is 17.2 Å². The highest BCUT2D eigenvalue weighted by Crippen LogP contribution is 2.20. The minimum Gasteiger partial charge on any atom is -0.366 e. The standard InChI is InChI=1S/C20H18F2N4O2/c1-24-16-7-6-13(21)12-14(16)19(27)18(23-24)20(28)26-10-8-25(9-11-26)17-5-3-2-4-15(17)22/h2-7,12H,8-11H2,1H3. The van der Waals surface area contributed by atoms with E-state index in [0.717, 1.165) is 6.07 Å². The first-order chi connectivity index (χ1) is 13.5. The van der Waals surface area contributed by atoms with Gasteiger partial charge in [0, 0.05) is 33.2 Å². The molecule has 0 N–H and O–H groups in total. The molecule has 1 saturated heterocycles. The average Bonchev–Trinajstić information content (AvgIpc) is 2.70. The summed E-state index contributed by atoms with van der Waals surface area (Å²) in [5.41, 5.74) is 0.117. The predicted octanol–water partition coefficient (Wildman–Crippen LogP) is 2.17. The van der Waals surface area contributed by atoms with E-state index in [4.69, 9.17) is 0 Å². The number of nitrogens with zero attached hydrogens (tertiary/aromatic N) is 4. The number of carbonyl (C=O) groups is 1. The zero-order valence-corrected chi connectivity index (χ0v) is 15.2. The van der Waals surface area contributed by atoms with Crippen molar-refractivity contribution in [3.8, 4) is 0 Å². The smallest absolute Gasteiger partial charge is 0.278 e. The first-order valence-corrected chi connectivity index (χ1v) is 8.91. The molecule has 0 atom stereocenters. The Morgan fingerprint density at radius 2 is 1.75 bits per heavy atom. The van der Waals surface area contributed by atoms with Crippen LogP contribution in [0.5, 0.6) is 0 Å². The molecule has 3 aromatic rings. The fraction of sp³-hybridized carbons (Fsp3) is 0.250. The van der Waals surface area contributed by atoms with Gasteiger partial charge in [-0.3, -0.25) is 14.3 Å². The lowest BCUT2D eigenvalue weighted by Crippen LogP contribution is -2.50. The summed E-state index contributed by atoms with van der Waals surface area (Å²) in [5.74, 6) is -1.36. The van der Waals surface area contributed by atoms with E-state index in [2.05, 4.69) is 5.10 Å². The third kappa shape index (κ3) is 3.11. The summed E-state index contributed by atoms with van der Waals surface area (Å²) >= 11 is 0. The Morgan fingerprint density at radius 1 is 1.04 bits per heavy atom. The van der Waals surface area contributed by atoms with Crippen molar-refractivity contribution < 1.29 is 13.6 Å². The van der Waals surface area contributed by atoms with Crippen LogP contribution in [0.25, 0.3) is 10.9 Å². The zero-order valence-electron chi connectivity index (χ0n) is 15.2. The van der Waals surface area contributed by atoms with Crippen molar-refractivity contribution in [3.05, 3.63) is 70.0 Å². The zero-order chi connectivity index (χ0) is 19.8. The maximum atomic E-state index is 14.0. The number of aryl methyl sites for hydroxylation is 1. The van der Waals surface area contributed by atoms with Crippen LogP contribution in [0.4, 0.5) is 14.5 Å². The number of halogens is 2. The second-order valence-electron chi connectivity index (χ2n) is 6.69. The number of para-hydroxylation sites is 1. The second kappa shape index (κ2) is 7.03. The molecule has 1 aliphatic rings. The van der Waals surface area contributed by atoms with Crippen LogP contribution >= 0.6 is 0 Å². The average molecular weight is 384 g/mol. The van der Waals surface area contributed by atoms with Crippen molar-refractivity contribution in [1.29, 1.82) is 0 Å². The molecule has 0 aliphatic carbocycles. The van der Waals surface area contributed by atoms with Gasteiger partial charge in [-0.15, -0.1) is 0 Å². The van der Waals surface area contributed by atoms with Crippen molar-refractivity contribution in [2.45, 2.75) is 0 Å². The summed E-state index contributed by atoms with van der Waals surface area (Å²) in [6.07, 6.45) is 0. The monoisotopic (exact) mass is 384 g/mol. The number of benzene rings is 2. The SMILES string of the molecule is Cn1nc(C(=O)N2CCN(c3ccccc3F)CC2)c(=O)c2cc(F)ccc21. The van der Waals surface area contributed by atoms with Crippen molar-refractivity contribution in [1.82, 2.24) is 14.7 Å². The van der Waals surface area contributed by atoms with Crippen molar-refractivity contribution in [3.63, 3.8) is 0 Å². The lowest BCUT2D eigenvalue weighted by atomic mass is 10.1. The van der Waals surface area contributed by atoms with Gasteiger partial charge >= 0.3 is 0 Å². The number of aromatic nitrogens is 2. The summed E-state index contributed by atoms with van der Waals surface area (Å²) in [5, 5.41) is 4.23. The predicted molar refractivity (Wildman–Crippen MR) is 101 cm³/mol. The summed E-state index contributed by atoms with van der Waals surface area (Å²) in [6.45, 7) is 1.54. The number of fused-ring (bicyclic) bond motifs is 1. The molecule has 8 heteroatoms. The lowest BCUT2D eigenvalue weighted by molar-refractivity contribution is 0.0737. The van der Waals surface area contributed by atoms with E-state index in [9.17, 15) is 18.4 Å². The topological polar surface area (TPSA) is 58.4 Å². The number of hydrogen-bond donors (Lipinski definition) is 0. The van der Waals surface area contributed by atoms with Crippen LogP contribution in [0.1, 0.15) is 10.5 Å². The van der Waals surface area contributed by atoms with E-state index in [1.54, 1.807) is 25.2 Å². The molecule has 0 bridgehead atoms. The van der Waals surface area contributed by atoms with Gasteiger partial charge in [0.2, 0.25) is 5.43 Å². The van der Waals surface area contributed by atoms with Crippen LogP contribution < -0.4 is 10.3 Å². The van der Waals surface area contributed by atoms with Crippen LogP contribution in [-0.4, -0.2) is 46.8 Å². The first kappa shape index (κ1) is 18.1. The Labute approximate surface area is 159 Å².